The standard InChI is InChI=1S/C39H42F2N8O5/c1-53-33-20-32-24(22-48(46-32)36-21-42-34-3-2-13-43-49(34)36)17-29(33)39(52)44-25-6-4-23(5-7-25)10-14-47-15-11-26(12-16-47)54-27-18-30(40)37(31(41)19-27)28-8-9-35(50)45-38(28)51/h2-3,13,17-23,25-26,28H,4-12,14-16H2,1H3,(H,44,52)(H,45,50,51). The van der Waals surface area contributed by atoms with E-state index in [1.165, 1.54) is 0 Å². The quantitative estimate of drug-likeness (QED) is 0.187. The van der Waals surface area contributed by atoms with Crippen molar-refractivity contribution in [2.45, 2.75) is 75.9 Å². The highest BCUT2D eigenvalue weighted by Gasteiger charge is 2.33. The number of methoxy groups -OCH3 is 1. The Balaban J connectivity index is 0.791. The van der Waals surface area contributed by atoms with Gasteiger partial charge in [0.2, 0.25) is 11.8 Å². The molecule has 282 valence electrons. The van der Waals surface area contributed by atoms with Crippen molar-refractivity contribution in [2.24, 2.45) is 5.92 Å². The molecule has 0 spiro atoms. The molecule has 3 aliphatic rings. The molecule has 0 radical (unpaired) electrons. The van der Waals surface area contributed by atoms with E-state index in [2.05, 4.69) is 30.7 Å². The molecule has 2 aliphatic heterocycles. The van der Waals surface area contributed by atoms with Gasteiger partial charge in [-0.2, -0.15) is 14.7 Å². The molecule has 1 atom stereocenters. The van der Waals surface area contributed by atoms with Crippen molar-refractivity contribution in [3.63, 3.8) is 0 Å². The van der Waals surface area contributed by atoms with Crippen LogP contribution < -0.4 is 20.1 Å². The van der Waals surface area contributed by atoms with Crippen molar-refractivity contribution in [2.75, 3.05) is 26.7 Å². The van der Waals surface area contributed by atoms with Crippen LogP contribution in [0.25, 0.3) is 22.4 Å². The number of amides is 3. The van der Waals surface area contributed by atoms with Crippen molar-refractivity contribution in [3.8, 4) is 17.3 Å². The van der Waals surface area contributed by atoms with Crippen molar-refractivity contribution in [1.82, 2.24) is 39.9 Å². The fraction of sp³-hybridized carbons (Fsp3) is 0.436. The number of imidazole rings is 1. The number of hydrogen-bond acceptors (Lipinski definition) is 9. The first-order valence-electron chi connectivity index (χ1n) is 18.6. The minimum atomic E-state index is -1.04. The van der Waals surface area contributed by atoms with Gasteiger partial charge in [0.15, 0.2) is 11.5 Å². The molecule has 2 aromatic carbocycles. The third-order valence-corrected chi connectivity index (χ3v) is 11.1. The molecule has 5 aromatic rings. The van der Waals surface area contributed by atoms with Gasteiger partial charge in [0.05, 0.1) is 30.3 Å². The number of hydrogen-bond donors (Lipinski definition) is 2. The first kappa shape index (κ1) is 35.6. The number of halogens is 2. The average molecular weight is 741 g/mol. The maximum Gasteiger partial charge on any atom is 0.255 e. The van der Waals surface area contributed by atoms with Crippen LogP contribution in [-0.4, -0.2) is 85.9 Å². The molecule has 3 aromatic heterocycles. The average Bonchev–Trinajstić information content (AvgIpc) is 3.79. The van der Waals surface area contributed by atoms with Gasteiger partial charge in [0, 0.05) is 67.1 Å². The van der Waals surface area contributed by atoms with Crippen molar-refractivity contribution >= 4 is 34.3 Å². The molecular weight excluding hydrogens is 698 g/mol. The van der Waals surface area contributed by atoms with Gasteiger partial charge in [-0.05, 0) is 82.0 Å². The van der Waals surface area contributed by atoms with Crippen LogP contribution in [-0.2, 0) is 9.59 Å². The molecule has 3 fully saturated rings. The highest BCUT2D eigenvalue weighted by Crippen LogP contribution is 2.34. The summed E-state index contributed by atoms with van der Waals surface area (Å²) in [7, 11) is 1.55. The third-order valence-electron chi connectivity index (χ3n) is 11.1. The second kappa shape index (κ2) is 15.1. The number of carbonyl (C=O) groups excluding carboxylic acids is 3. The third kappa shape index (κ3) is 7.36. The first-order valence-corrected chi connectivity index (χ1v) is 18.6. The van der Waals surface area contributed by atoms with E-state index < -0.39 is 29.4 Å². The molecular formula is C39H42F2N8O5. The van der Waals surface area contributed by atoms with Gasteiger partial charge in [0.25, 0.3) is 5.91 Å². The van der Waals surface area contributed by atoms with Gasteiger partial charge in [-0.3, -0.25) is 19.7 Å². The zero-order valence-electron chi connectivity index (χ0n) is 30.0. The number of ether oxygens (including phenoxy) is 2. The topological polar surface area (TPSA) is 145 Å². The summed E-state index contributed by atoms with van der Waals surface area (Å²) in [5.41, 5.74) is 1.55. The minimum Gasteiger partial charge on any atom is -0.496 e. The van der Waals surface area contributed by atoms with Crippen molar-refractivity contribution in [1.29, 1.82) is 0 Å². The number of rotatable bonds is 10. The zero-order valence-corrected chi connectivity index (χ0v) is 30.0. The molecule has 2 N–H and O–H groups in total. The molecule has 2 saturated heterocycles. The number of nitrogens with one attached hydrogen (secondary N) is 2. The first-order chi connectivity index (χ1) is 26.2. The number of carbonyl (C=O) groups is 3. The summed E-state index contributed by atoms with van der Waals surface area (Å²) in [6.07, 6.45) is 11.6. The summed E-state index contributed by atoms with van der Waals surface area (Å²) in [5, 5.41) is 15.3. The molecule has 1 saturated carbocycles. The van der Waals surface area contributed by atoms with Crippen LogP contribution in [0.15, 0.2) is 55.0 Å². The molecule has 13 nitrogen and oxygen atoms in total. The smallest absolute Gasteiger partial charge is 0.255 e. The Hall–Kier alpha value is -5.44. The SMILES string of the molecule is COc1cc2nn(-c3cnc4cccnn34)cc2cc1C(=O)NC1CCC(CCN2CCC(Oc3cc(F)c(C4CCC(=O)NC4=O)c(F)c3)CC2)CC1. The van der Waals surface area contributed by atoms with E-state index in [1.807, 2.05) is 24.4 Å². The van der Waals surface area contributed by atoms with E-state index in [0.29, 0.717) is 34.2 Å². The van der Waals surface area contributed by atoms with Crippen LogP contribution >= 0.6 is 0 Å². The van der Waals surface area contributed by atoms with Gasteiger partial charge < -0.3 is 19.7 Å². The van der Waals surface area contributed by atoms with Crippen molar-refractivity contribution in [3.05, 3.63) is 77.8 Å². The Morgan fingerprint density at radius 2 is 1.80 bits per heavy atom. The highest BCUT2D eigenvalue weighted by molar-refractivity contribution is 6.01. The minimum absolute atomic E-state index is 0.0417. The maximum atomic E-state index is 15.0. The largest absolute Gasteiger partial charge is 0.496 e. The Morgan fingerprint density at radius 3 is 2.54 bits per heavy atom. The molecule has 1 unspecified atom stereocenters. The summed E-state index contributed by atoms with van der Waals surface area (Å²) in [5.74, 6) is -2.16. The summed E-state index contributed by atoms with van der Waals surface area (Å²) >= 11 is 0. The van der Waals surface area contributed by atoms with Crippen LogP contribution in [0.5, 0.6) is 11.5 Å². The lowest BCUT2D eigenvalue weighted by Crippen LogP contribution is -2.40. The highest BCUT2D eigenvalue weighted by atomic mass is 19.1. The number of nitrogens with zero attached hydrogens (tertiary/aromatic N) is 6. The van der Waals surface area contributed by atoms with Gasteiger partial charge in [0.1, 0.15) is 29.2 Å². The number of aromatic nitrogens is 5. The summed E-state index contributed by atoms with van der Waals surface area (Å²) in [6.45, 7) is 2.63. The molecule has 54 heavy (non-hydrogen) atoms. The van der Waals surface area contributed by atoms with Crippen LogP contribution in [0.1, 0.15) is 79.6 Å². The number of benzene rings is 2. The van der Waals surface area contributed by atoms with E-state index in [-0.39, 0.29) is 42.2 Å². The Labute approximate surface area is 310 Å². The molecule has 15 heteroatoms. The number of piperidine rings is 2. The normalized spacial score (nSPS) is 21.4. The number of imide groups is 1. The van der Waals surface area contributed by atoms with Crippen LogP contribution in [0.3, 0.4) is 0 Å². The lowest BCUT2D eigenvalue weighted by Gasteiger charge is -2.34. The summed E-state index contributed by atoms with van der Waals surface area (Å²) in [6, 6.07) is 9.66. The summed E-state index contributed by atoms with van der Waals surface area (Å²) in [4.78, 5) is 44.0. The van der Waals surface area contributed by atoms with Crippen LogP contribution in [0.2, 0.25) is 0 Å². The predicted octanol–water partition coefficient (Wildman–Crippen LogP) is 5.10. The molecule has 8 rings (SSSR count). The second-order valence-corrected chi connectivity index (χ2v) is 14.5. The van der Waals surface area contributed by atoms with E-state index in [1.54, 1.807) is 34.8 Å². The Morgan fingerprint density at radius 1 is 1.02 bits per heavy atom. The monoisotopic (exact) mass is 740 g/mol. The fourth-order valence-corrected chi connectivity index (χ4v) is 8.09. The Bertz CT molecular complexity index is 2180. The predicted molar refractivity (Wildman–Crippen MR) is 194 cm³/mol. The zero-order chi connectivity index (χ0) is 37.3. The molecule has 1 aliphatic carbocycles. The van der Waals surface area contributed by atoms with E-state index in [9.17, 15) is 23.2 Å². The lowest BCUT2D eigenvalue weighted by atomic mass is 9.84. The van der Waals surface area contributed by atoms with Gasteiger partial charge >= 0.3 is 0 Å². The second-order valence-electron chi connectivity index (χ2n) is 14.5. The van der Waals surface area contributed by atoms with E-state index >= 15 is 0 Å². The van der Waals surface area contributed by atoms with Crippen molar-refractivity contribution < 1.29 is 32.6 Å². The van der Waals surface area contributed by atoms with Crippen LogP contribution in [0.4, 0.5) is 8.78 Å². The molecule has 5 heterocycles. The molecule has 3 amide bonds. The van der Waals surface area contributed by atoms with Gasteiger partial charge in [-0.1, -0.05) is 0 Å². The fourth-order valence-electron chi connectivity index (χ4n) is 8.09. The van der Waals surface area contributed by atoms with E-state index in [0.717, 1.165) is 82.1 Å². The maximum absolute atomic E-state index is 15.0. The van der Waals surface area contributed by atoms with Gasteiger partial charge in [-0.25, -0.2) is 18.4 Å². The number of fused-ring (bicyclic) bond motifs is 2. The summed E-state index contributed by atoms with van der Waals surface area (Å²) < 4.78 is 44.9. The Kier molecular flexibility index (Phi) is 9.97. The van der Waals surface area contributed by atoms with E-state index in [4.69, 9.17) is 9.47 Å². The van der Waals surface area contributed by atoms with Crippen LogP contribution in [0, 0.1) is 17.6 Å². The lowest BCUT2D eigenvalue weighted by molar-refractivity contribution is -0.134. The number of likely N-dealkylation sites (tertiary alicyclic amines) is 1. The molecule has 0 bridgehead atoms. The van der Waals surface area contributed by atoms with Gasteiger partial charge in [-0.15, -0.1) is 0 Å².